The number of rotatable bonds is 5. The number of para-hydroxylation sites is 1. The van der Waals surface area contributed by atoms with Crippen molar-refractivity contribution < 1.29 is 0 Å². The lowest BCUT2D eigenvalue weighted by Gasteiger charge is -2.29. The van der Waals surface area contributed by atoms with Gasteiger partial charge in [0.05, 0.1) is 18.4 Å². The molecule has 1 fully saturated rings. The average Bonchev–Trinajstić information content (AvgIpc) is 3.24. The Kier molecular flexibility index (Phi) is 7.76. The number of aromatic nitrogens is 5. The number of nitrogens with zero attached hydrogens (tertiary/aromatic N) is 7. The van der Waals surface area contributed by atoms with Gasteiger partial charge in [-0.15, -0.1) is 0 Å². The fraction of sp³-hybridized carbons (Fsp3) is 0.370. The molecule has 9 nitrogen and oxygen atoms in total. The number of piperidine rings is 1. The van der Waals surface area contributed by atoms with Crippen LogP contribution in [0.15, 0.2) is 53.2 Å². The number of fused-ring (bicyclic) bond motifs is 2. The fourth-order valence-corrected chi connectivity index (χ4v) is 4.59. The molecule has 3 aromatic heterocycles. The zero-order valence-corrected chi connectivity index (χ0v) is 21.1. The Hall–Kier alpha value is -4.03. The maximum atomic E-state index is 13.7. The van der Waals surface area contributed by atoms with Gasteiger partial charge in [0.25, 0.3) is 5.56 Å². The average molecular weight is 485 g/mol. The Morgan fingerprint density at radius 1 is 1.14 bits per heavy atom. The number of nitrogens with two attached hydrogens (primary N) is 1. The van der Waals surface area contributed by atoms with E-state index < -0.39 is 0 Å². The summed E-state index contributed by atoms with van der Waals surface area (Å²) in [6, 6.07) is 10.1. The molecule has 0 spiro atoms. The van der Waals surface area contributed by atoms with Gasteiger partial charge in [-0.05, 0) is 46.2 Å². The first kappa shape index (κ1) is 25.1. The molecule has 1 saturated heterocycles. The summed E-state index contributed by atoms with van der Waals surface area (Å²) in [4.78, 5) is 29.6. The summed E-state index contributed by atoms with van der Waals surface area (Å²) in [5.41, 5.74) is 7.69. The van der Waals surface area contributed by atoms with Crippen LogP contribution in [-0.4, -0.2) is 44.2 Å². The van der Waals surface area contributed by atoms with Gasteiger partial charge in [-0.2, -0.15) is 5.26 Å². The van der Waals surface area contributed by atoms with Crippen molar-refractivity contribution in [1.82, 2.24) is 24.1 Å². The summed E-state index contributed by atoms with van der Waals surface area (Å²) in [6.07, 6.45) is 8.70. The minimum absolute atomic E-state index is 0.191. The molecular weight excluding hydrogens is 452 g/mol. The molecule has 4 aromatic rings. The molecule has 1 aliphatic rings. The highest BCUT2D eigenvalue weighted by molar-refractivity contribution is 5.89. The summed E-state index contributed by atoms with van der Waals surface area (Å²) in [5.74, 6) is 1.35. The highest BCUT2D eigenvalue weighted by atomic mass is 16.1. The Balaban J connectivity index is 0.00000148. The van der Waals surface area contributed by atoms with Gasteiger partial charge in [0, 0.05) is 31.2 Å². The van der Waals surface area contributed by atoms with E-state index in [1.54, 1.807) is 6.20 Å². The third-order valence-corrected chi connectivity index (χ3v) is 6.30. The van der Waals surface area contributed by atoms with Crippen molar-refractivity contribution in [3.05, 3.63) is 70.2 Å². The van der Waals surface area contributed by atoms with Gasteiger partial charge >= 0.3 is 0 Å². The monoisotopic (exact) mass is 484 g/mol. The van der Waals surface area contributed by atoms with Crippen LogP contribution in [0.4, 0.5) is 5.82 Å². The van der Waals surface area contributed by atoms with Crippen molar-refractivity contribution in [2.75, 3.05) is 25.0 Å². The lowest BCUT2D eigenvalue weighted by atomic mass is 10.1. The quantitative estimate of drug-likeness (QED) is 0.430. The van der Waals surface area contributed by atoms with Crippen LogP contribution in [-0.2, 0) is 13.1 Å². The van der Waals surface area contributed by atoms with E-state index in [1.165, 1.54) is 24.4 Å². The molecule has 36 heavy (non-hydrogen) atoms. The number of allylic oxidation sites excluding steroid dienone is 2. The van der Waals surface area contributed by atoms with Crippen molar-refractivity contribution in [2.45, 2.75) is 46.2 Å². The van der Waals surface area contributed by atoms with E-state index in [-0.39, 0.29) is 12.1 Å². The normalized spacial score (nSPS) is 13.2. The van der Waals surface area contributed by atoms with Gasteiger partial charge in [0.1, 0.15) is 34.3 Å². The largest absolute Gasteiger partial charge is 0.357 e. The molecule has 0 unspecified atom stereocenters. The predicted octanol–water partition coefficient (Wildman–Crippen LogP) is 3.59. The SMILES string of the molecule is CC(C)=CCn1c(N2CCCCC2)c(C#N)c2ncn(Cc3ncc4ccccc4n3)c(=O)c21.CN. The Labute approximate surface area is 210 Å². The van der Waals surface area contributed by atoms with Crippen LogP contribution in [0.5, 0.6) is 0 Å². The van der Waals surface area contributed by atoms with Crippen LogP contribution in [0.3, 0.4) is 0 Å². The van der Waals surface area contributed by atoms with Gasteiger partial charge in [-0.3, -0.25) is 9.36 Å². The molecule has 186 valence electrons. The smallest absolute Gasteiger partial charge is 0.278 e. The molecule has 0 saturated carbocycles. The Morgan fingerprint density at radius 3 is 2.61 bits per heavy atom. The van der Waals surface area contributed by atoms with E-state index in [0.717, 1.165) is 48.2 Å². The first-order chi connectivity index (χ1) is 17.6. The molecule has 1 aromatic carbocycles. The van der Waals surface area contributed by atoms with Gasteiger partial charge in [-0.25, -0.2) is 15.0 Å². The Morgan fingerprint density at radius 2 is 1.89 bits per heavy atom. The summed E-state index contributed by atoms with van der Waals surface area (Å²) in [7, 11) is 1.50. The number of hydrogen-bond donors (Lipinski definition) is 1. The summed E-state index contributed by atoms with van der Waals surface area (Å²) in [5, 5.41) is 11.0. The standard InChI is InChI=1S/C26H27N7O.CH5N/c1-18(2)10-13-33-24-23(20(14-27)25(33)31-11-6-3-7-12-31)29-17-32(26(24)34)16-22-28-15-19-8-4-5-9-21(19)30-22;1-2/h4-5,8-10,15,17H,3,6-7,11-13,16H2,1-2H3;2H2,1H3. The molecule has 9 heteroatoms. The maximum absolute atomic E-state index is 13.7. The van der Waals surface area contributed by atoms with Crippen molar-refractivity contribution in [1.29, 1.82) is 5.26 Å². The van der Waals surface area contributed by atoms with Crippen LogP contribution in [0.25, 0.3) is 21.9 Å². The van der Waals surface area contributed by atoms with E-state index in [9.17, 15) is 10.1 Å². The van der Waals surface area contributed by atoms with Gasteiger partial charge in [0.15, 0.2) is 0 Å². The summed E-state index contributed by atoms with van der Waals surface area (Å²) in [6.45, 7) is 6.54. The van der Waals surface area contributed by atoms with E-state index in [4.69, 9.17) is 0 Å². The molecule has 2 N–H and O–H groups in total. The summed E-state index contributed by atoms with van der Waals surface area (Å²) >= 11 is 0. The minimum Gasteiger partial charge on any atom is -0.357 e. The molecule has 0 atom stereocenters. The van der Waals surface area contributed by atoms with Crippen LogP contribution in [0, 0.1) is 11.3 Å². The first-order valence-corrected chi connectivity index (χ1v) is 12.2. The van der Waals surface area contributed by atoms with Crippen molar-refractivity contribution in [3.63, 3.8) is 0 Å². The topological polar surface area (TPSA) is 119 Å². The van der Waals surface area contributed by atoms with Gasteiger partial charge < -0.3 is 15.2 Å². The number of nitriles is 1. The molecule has 0 aliphatic carbocycles. The number of anilines is 1. The van der Waals surface area contributed by atoms with Crippen molar-refractivity contribution >= 4 is 27.8 Å². The van der Waals surface area contributed by atoms with E-state index in [0.29, 0.717) is 29.0 Å². The second-order valence-electron chi connectivity index (χ2n) is 8.97. The lowest BCUT2D eigenvalue weighted by Crippen LogP contribution is -2.32. The molecule has 0 amide bonds. The zero-order chi connectivity index (χ0) is 25.7. The molecule has 1 aliphatic heterocycles. The van der Waals surface area contributed by atoms with Crippen molar-refractivity contribution in [2.24, 2.45) is 5.73 Å². The fourth-order valence-electron chi connectivity index (χ4n) is 4.59. The van der Waals surface area contributed by atoms with Crippen LogP contribution < -0.4 is 16.2 Å². The maximum Gasteiger partial charge on any atom is 0.278 e. The second kappa shape index (κ2) is 11.1. The molecule has 0 radical (unpaired) electrons. The third kappa shape index (κ3) is 4.86. The highest BCUT2D eigenvalue weighted by Gasteiger charge is 2.26. The second-order valence-corrected chi connectivity index (χ2v) is 8.97. The molecular formula is C27H32N8O. The van der Waals surface area contributed by atoms with Crippen molar-refractivity contribution in [3.8, 4) is 6.07 Å². The third-order valence-electron chi connectivity index (χ3n) is 6.30. The van der Waals surface area contributed by atoms with Crippen LogP contribution in [0.2, 0.25) is 0 Å². The van der Waals surface area contributed by atoms with E-state index in [1.807, 2.05) is 42.7 Å². The van der Waals surface area contributed by atoms with Crippen LogP contribution >= 0.6 is 0 Å². The Bertz CT molecular complexity index is 1500. The lowest BCUT2D eigenvalue weighted by molar-refractivity contribution is 0.565. The summed E-state index contributed by atoms with van der Waals surface area (Å²) < 4.78 is 3.51. The highest BCUT2D eigenvalue weighted by Crippen LogP contribution is 2.31. The number of hydrogen-bond acceptors (Lipinski definition) is 7. The molecule has 4 heterocycles. The van der Waals surface area contributed by atoms with Gasteiger partial charge in [0.2, 0.25) is 0 Å². The van der Waals surface area contributed by atoms with E-state index in [2.05, 4.69) is 37.7 Å². The van der Waals surface area contributed by atoms with E-state index >= 15 is 0 Å². The van der Waals surface area contributed by atoms with Gasteiger partial charge in [-0.1, -0.05) is 29.8 Å². The van der Waals surface area contributed by atoms with Crippen LogP contribution in [0.1, 0.15) is 44.5 Å². The predicted molar refractivity (Wildman–Crippen MR) is 143 cm³/mol. The first-order valence-electron chi connectivity index (χ1n) is 12.2. The zero-order valence-electron chi connectivity index (χ0n) is 21.1. The number of benzene rings is 1. The molecule has 5 rings (SSSR count). The molecule has 0 bridgehead atoms. The minimum atomic E-state index is -0.191.